The molecule has 146 valence electrons. The Morgan fingerprint density at radius 1 is 1.07 bits per heavy atom. The van der Waals surface area contributed by atoms with Crippen molar-refractivity contribution in [1.82, 2.24) is 10.4 Å². The third kappa shape index (κ3) is 1.36. The summed E-state index contributed by atoms with van der Waals surface area (Å²) in [6.45, 7) is 0. The summed E-state index contributed by atoms with van der Waals surface area (Å²) in [5, 5.41) is 2.62. The maximum Gasteiger partial charge on any atom is 0.328 e. The Kier molecular flexibility index (Phi) is 2.77. The van der Waals surface area contributed by atoms with Crippen molar-refractivity contribution in [2.75, 3.05) is 14.2 Å². The van der Waals surface area contributed by atoms with Crippen LogP contribution in [0.25, 0.3) is 0 Å². The first-order valence-corrected chi connectivity index (χ1v) is 11.0. The molecule has 4 saturated heterocycles. The molecular weight excluding hydrogens is 376 g/mol. The van der Waals surface area contributed by atoms with Gasteiger partial charge in [0, 0.05) is 28.0 Å². The average molecular weight is 398 g/mol. The van der Waals surface area contributed by atoms with Gasteiger partial charge in [0.25, 0.3) is 0 Å². The quantitative estimate of drug-likeness (QED) is 0.767. The lowest BCUT2D eigenvalue weighted by Crippen LogP contribution is -2.87. The van der Waals surface area contributed by atoms with Crippen LogP contribution in [0.2, 0.25) is 0 Å². The van der Waals surface area contributed by atoms with Gasteiger partial charge in [-0.15, -0.1) is 11.8 Å². The fourth-order valence-corrected chi connectivity index (χ4v) is 9.82. The highest BCUT2D eigenvalue weighted by molar-refractivity contribution is 8.00. The van der Waals surface area contributed by atoms with Crippen molar-refractivity contribution in [3.63, 3.8) is 0 Å². The van der Waals surface area contributed by atoms with E-state index in [4.69, 9.17) is 9.47 Å². The maximum atomic E-state index is 13.2. The smallest absolute Gasteiger partial charge is 0.328 e. The number of methoxy groups -OCH3 is 2. The Hall–Kier alpha value is -1.57. The number of piperidine rings is 1. The van der Waals surface area contributed by atoms with Crippen LogP contribution in [-0.2, 0) is 19.1 Å². The van der Waals surface area contributed by atoms with Crippen LogP contribution in [0.15, 0.2) is 35.2 Å². The van der Waals surface area contributed by atoms with Crippen LogP contribution < -0.4 is 5.43 Å². The standard InChI is InChI=1S/C21H22N2O4S/c1-26-18(24)20-10-8-11(10)21(19(25)27-2)15-13-16(23(21)22-20)12(14(15)20)17(13)28-9-6-4-3-5-7-9/h3-7,10-17,22H,8H2,1-2H3/t10-,11+,12+,13-,14+,15-,16?,17+,20-,21+/m0/s1. The SMILES string of the molecule is COC(=O)[C@@]12NN3C4[C@@H]5[C@@H](Sc6ccccc6)[C@H]4[C@@H]([C@@H]51)[C@@]3(C(=O)OC)[C@@H]1C[C@@H]12. The molecule has 1 aromatic carbocycles. The van der Waals surface area contributed by atoms with Crippen molar-refractivity contribution in [3.05, 3.63) is 30.3 Å². The van der Waals surface area contributed by atoms with Gasteiger partial charge in [-0.1, -0.05) is 18.2 Å². The maximum absolute atomic E-state index is 13.2. The fraction of sp³-hybridized carbons (Fsp3) is 0.619. The highest BCUT2D eigenvalue weighted by Crippen LogP contribution is 2.84. The summed E-state index contributed by atoms with van der Waals surface area (Å²) in [6.07, 6.45) is 0.906. The monoisotopic (exact) mass is 398 g/mol. The summed E-state index contributed by atoms with van der Waals surface area (Å²) in [6, 6.07) is 10.8. The predicted molar refractivity (Wildman–Crippen MR) is 99.9 cm³/mol. The molecule has 8 aliphatic rings. The number of hydrogen-bond donors (Lipinski definition) is 1. The van der Waals surface area contributed by atoms with Gasteiger partial charge in [-0.25, -0.2) is 20.0 Å². The van der Waals surface area contributed by atoms with Crippen molar-refractivity contribution in [1.29, 1.82) is 0 Å². The van der Waals surface area contributed by atoms with Crippen molar-refractivity contribution >= 4 is 23.7 Å². The van der Waals surface area contributed by atoms with Crippen LogP contribution in [0.4, 0.5) is 0 Å². The molecule has 1 N–H and O–H groups in total. The number of thioether (sulfide) groups is 1. The number of benzene rings is 1. The van der Waals surface area contributed by atoms with Crippen LogP contribution in [-0.4, -0.2) is 53.5 Å². The number of nitrogens with zero attached hydrogens (tertiary/aromatic N) is 1. The van der Waals surface area contributed by atoms with Crippen LogP contribution in [0, 0.1) is 35.5 Å². The number of nitrogens with one attached hydrogen (secondary N) is 1. The van der Waals surface area contributed by atoms with Gasteiger partial charge in [0.1, 0.15) is 11.1 Å². The lowest BCUT2D eigenvalue weighted by Gasteiger charge is -2.66. The van der Waals surface area contributed by atoms with E-state index in [0.29, 0.717) is 23.1 Å². The number of ether oxygens (including phenoxy) is 2. The summed E-state index contributed by atoms with van der Waals surface area (Å²) < 4.78 is 10.7. The van der Waals surface area contributed by atoms with Gasteiger partial charge in [0.2, 0.25) is 0 Å². The first kappa shape index (κ1) is 16.3. The van der Waals surface area contributed by atoms with E-state index in [-0.39, 0.29) is 35.6 Å². The number of carbonyl (C=O) groups is 2. The predicted octanol–water partition coefficient (Wildman–Crippen LogP) is 1.31. The van der Waals surface area contributed by atoms with E-state index in [1.807, 2.05) is 17.8 Å². The number of carbonyl (C=O) groups excluding carboxylic acids is 2. The van der Waals surface area contributed by atoms with E-state index < -0.39 is 11.1 Å². The molecule has 28 heavy (non-hydrogen) atoms. The van der Waals surface area contributed by atoms with Gasteiger partial charge in [-0.2, -0.15) is 0 Å². The van der Waals surface area contributed by atoms with E-state index in [2.05, 4.69) is 34.7 Å². The highest BCUT2D eigenvalue weighted by atomic mass is 32.2. The van der Waals surface area contributed by atoms with E-state index in [1.165, 1.54) is 19.1 Å². The van der Waals surface area contributed by atoms with Gasteiger partial charge in [0.15, 0.2) is 0 Å². The number of hydrazine groups is 1. The Morgan fingerprint density at radius 2 is 1.79 bits per heavy atom. The first-order chi connectivity index (χ1) is 13.6. The molecule has 4 heterocycles. The fourth-order valence-electron chi connectivity index (χ4n) is 8.22. The van der Waals surface area contributed by atoms with Crippen LogP contribution >= 0.6 is 11.8 Å². The summed E-state index contributed by atoms with van der Waals surface area (Å²) >= 11 is 1.92. The summed E-state index contributed by atoms with van der Waals surface area (Å²) in [4.78, 5) is 27.5. The molecule has 8 fully saturated rings. The third-order valence-electron chi connectivity index (χ3n) is 8.79. The van der Waals surface area contributed by atoms with Crippen LogP contribution in [0.5, 0.6) is 0 Å². The lowest BCUT2D eigenvalue weighted by molar-refractivity contribution is -0.235. The van der Waals surface area contributed by atoms with Crippen molar-refractivity contribution in [2.24, 2.45) is 35.5 Å². The van der Waals surface area contributed by atoms with Gasteiger partial charge in [-0.3, -0.25) is 0 Å². The molecule has 4 aliphatic carbocycles. The third-order valence-corrected chi connectivity index (χ3v) is 10.2. The first-order valence-electron chi connectivity index (χ1n) is 10.1. The minimum Gasteiger partial charge on any atom is -0.468 e. The van der Waals surface area contributed by atoms with Gasteiger partial charge >= 0.3 is 11.9 Å². The number of esters is 2. The van der Waals surface area contributed by atoms with Crippen LogP contribution in [0.3, 0.4) is 0 Å². The molecule has 8 bridgehead atoms. The zero-order chi connectivity index (χ0) is 19.0. The second-order valence-electron chi connectivity index (χ2n) is 9.20. The molecule has 4 aliphatic heterocycles. The topological polar surface area (TPSA) is 67.9 Å². The molecule has 1 aromatic rings. The van der Waals surface area contributed by atoms with Crippen LogP contribution in [0.1, 0.15) is 6.42 Å². The van der Waals surface area contributed by atoms with E-state index >= 15 is 0 Å². The summed E-state index contributed by atoms with van der Waals surface area (Å²) in [5.74, 6) is 1.29. The highest BCUT2D eigenvalue weighted by Gasteiger charge is 2.96. The molecule has 6 nitrogen and oxygen atoms in total. The minimum atomic E-state index is -0.651. The normalized spacial score (nSPS) is 54.9. The van der Waals surface area contributed by atoms with E-state index in [1.54, 1.807) is 0 Å². The Labute approximate surface area is 167 Å². The molecule has 7 heteroatoms. The molecule has 9 rings (SSSR count). The molecule has 2 unspecified atom stereocenters. The molecule has 4 saturated carbocycles. The summed E-state index contributed by atoms with van der Waals surface area (Å²) in [7, 11) is 2.99. The largest absolute Gasteiger partial charge is 0.468 e. The van der Waals surface area contributed by atoms with Crippen molar-refractivity contribution in [2.45, 2.75) is 33.7 Å². The van der Waals surface area contributed by atoms with E-state index in [0.717, 1.165) is 6.42 Å². The van der Waals surface area contributed by atoms with E-state index in [9.17, 15) is 9.59 Å². The Bertz CT molecular complexity index is 914. The number of rotatable bonds is 4. The summed E-state index contributed by atoms with van der Waals surface area (Å²) in [5.41, 5.74) is 2.31. The second kappa shape index (κ2) is 4.77. The van der Waals surface area contributed by atoms with Gasteiger partial charge in [-0.05, 0) is 42.2 Å². The molecule has 0 spiro atoms. The van der Waals surface area contributed by atoms with Crippen molar-refractivity contribution < 1.29 is 19.1 Å². The zero-order valence-corrected chi connectivity index (χ0v) is 16.5. The van der Waals surface area contributed by atoms with Crippen molar-refractivity contribution in [3.8, 4) is 0 Å². The van der Waals surface area contributed by atoms with Gasteiger partial charge < -0.3 is 9.47 Å². The van der Waals surface area contributed by atoms with Gasteiger partial charge in [0.05, 0.1) is 14.2 Å². The Balaban J connectivity index is 1.36. The Morgan fingerprint density at radius 3 is 2.50 bits per heavy atom. The zero-order valence-electron chi connectivity index (χ0n) is 15.7. The number of hydrogen-bond acceptors (Lipinski definition) is 7. The second-order valence-corrected chi connectivity index (χ2v) is 10.5. The molecule has 0 radical (unpaired) electrons. The average Bonchev–Trinajstić information content (AvgIpc) is 3.34. The molecule has 11 atom stereocenters. The lowest BCUT2D eigenvalue weighted by atomic mass is 9.56. The minimum absolute atomic E-state index is 0.114. The molecule has 0 aromatic heterocycles. The molecular formula is C21H22N2O4S. The molecule has 0 amide bonds.